The van der Waals surface area contributed by atoms with Crippen LogP contribution in [0.25, 0.3) is 0 Å². The van der Waals surface area contributed by atoms with Crippen molar-refractivity contribution < 1.29 is 0 Å². The third-order valence-electron chi connectivity index (χ3n) is 3.19. The normalized spacial score (nSPS) is 11.8. The number of nitrogens with one attached hydrogen (secondary N) is 1. The molecule has 0 fully saturated rings. The molecule has 2 aromatic carbocycles. The van der Waals surface area contributed by atoms with Crippen molar-refractivity contribution in [1.29, 1.82) is 5.26 Å². The van der Waals surface area contributed by atoms with Crippen molar-refractivity contribution in [2.24, 2.45) is 0 Å². The highest BCUT2D eigenvalue weighted by Crippen LogP contribution is 2.16. The first-order valence-corrected chi connectivity index (χ1v) is 7.02. The molecular formula is C17H17ClN2. The van der Waals surface area contributed by atoms with Crippen molar-refractivity contribution in [3.05, 3.63) is 70.2 Å². The van der Waals surface area contributed by atoms with Crippen LogP contribution >= 0.6 is 11.6 Å². The van der Waals surface area contributed by atoms with E-state index in [0.717, 1.165) is 29.1 Å². The summed E-state index contributed by atoms with van der Waals surface area (Å²) in [5.74, 6) is 0. The monoisotopic (exact) mass is 284 g/mol. The Balaban J connectivity index is 1.91. The zero-order chi connectivity index (χ0) is 14.4. The van der Waals surface area contributed by atoms with Gasteiger partial charge in [-0.1, -0.05) is 41.9 Å². The molecule has 0 aliphatic heterocycles. The maximum Gasteiger partial charge on any atom is 0.0991 e. The molecule has 1 N–H and O–H groups in total. The molecule has 2 nitrogen and oxygen atoms in total. The van der Waals surface area contributed by atoms with Gasteiger partial charge in [-0.05, 0) is 42.7 Å². The van der Waals surface area contributed by atoms with Crippen molar-refractivity contribution in [2.75, 3.05) is 0 Å². The van der Waals surface area contributed by atoms with Crippen LogP contribution in [0.3, 0.4) is 0 Å². The molecule has 0 aliphatic rings. The summed E-state index contributed by atoms with van der Waals surface area (Å²) in [5.41, 5.74) is 2.97. The van der Waals surface area contributed by atoms with Gasteiger partial charge in [-0.15, -0.1) is 0 Å². The predicted molar refractivity (Wildman–Crippen MR) is 82.6 cm³/mol. The zero-order valence-corrected chi connectivity index (χ0v) is 12.2. The lowest BCUT2D eigenvalue weighted by molar-refractivity contribution is 0.545. The van der Waals surface area contributed by atoms with Gasteiger partial charge in [0.05, 0.1) is 11.6 Å². The van der Waals surface area contributed by atoms with Gasteiger partial charge < -0.3 is 5.32 Å². The van der Waals surface area contributed by atoms with E-state index in [1.54, 1.807) is 0 Å². The Bertz CT molecular complexity index is 616. The summed E-state index contributed by atoms with van der Waals surface area (Å²) in [7, 11) is 0. The third-order valence-corrected chi connectivity index (χ3v) is 3.56. The predicted octanol–water partition coefficient (Wildman–Crippen LogP) is 3.93. The van der Waals surface area contributed by atoms with E-state index in [1.807, 2.05) is 42.5 Å². The minimum absolute atomic E-state index is 0.320. The SMILES string of the molecule is CC(Cc1ccccc1Cl)NCc1cccc(C#N)c1. The van der Waals surface area contributed by atoms with E-state index in [2.05, 4.69) is 24.4 Å². The van der Waals surface area contributed by atoms with Crippen LogP contribution in [0.1, 0.15) is 23.6 Å². The van der Waals surface area contributed by atoms with Gasteiger partial charge in [-0.2, -0.15) is 5.26 Å². The second-order valence-corrected chi connectivity index (χ2v) is 5.30. The van der Waals surface area contributed by atoms with E-state index in [-0.39, 0.29) is 0 Å². The lowest BCUT2D eigenvalue weighted by Crippen LogP contribution is -2.27. The second kappa shape index (κ2) is 7.09. The highest BCUT2D eigenvalue weighted by molar-refractivity contribution is 6.31. The minimum Gasteiger partial charge on any atom is -0.310 e. The molecular weight excluding hydrogens is 268 g/mol. The quantitative estimate of drug-likeness (QED) is 0.903. The molecule has 2 rings (SSSR count). The molecule has 0 spiro atoms. The Morgan fingerprint density at radius 3 is 2.75 bits per heavy atom. The van der Waals surface area contributed by atoms with Gasteiger partial charge in [-0.25, -0.2) is 0 Å². The average Bonchev–Trinajstić information content (AvgIpc) is 2.48. The van der Waals surface area contributed by atoms with Crippen LogP contribution in [-0.4, -0.2) is 6.04 Å². The average molecular weight is 285 g/mol. The Hall–Kier alpha value is -1.82. The smallest absolute Gasteiger partial charge is 0.0991 e. The third kappa shape index (κ3) is 4.09. The first kappa shape index (κ1) is 14.6. The summed E-state index contributed by atoms with van der Waals surface area (Å²) >= 11 is 6.16. The fraction of sp³-hybridized carbons (Fsp3) is 0.235. The van der Waals surface area contributed by atoms with Crippen LogP contribution in [0.4, 0.5) is 0 Å². The van der Waals surface area contributed by atoms with Crippen molar-refractivity contribution >= 4 is 11.6 Å². The molecule has 0 saturated carbocycles. The standard InChI is InChI=1S/C17H17ClN2/c1-13(9-16-7-2-3-8-17(16)18)20-12-15-6-4-5-14(10-15)11-19/h2-8,10,13,20H,9,12H2,1H3. The van der Waals surface area contributed by atoms with Gasteiger partial charge in [0, 0.05) is 17.6 Å². The molecule has 0 heterocycles. The van der Waals surface area contributed by atoms with Gasteiger partial charge in [-0.3, -0.25) is 0 Å². The highest BCUT2D eigenvalue weighted by Gasteiger charge is 2.06. The molecule has 0 radical (unpaired) electrons. The Labute approximate surface area is 125 Å². The van der Waals surface area contributed by atoms with Gasteiger partial charge >= 0.3 is 0 Å². The van der Waals surface area contributed by atoms with Crippen LogP contribution in [0, 0.1) is 11.3 Å². The fourth-order valence-electron chi connectivity index (χ4n) is 2.11. The van der Waals surface area contributed by atoms with E-state index < -0.39 is 0 Å². The Kier molecular flexibility index (Phi) is 5.17. The Morgan fingerprint density at radius 1 is 1.20 bits per heavy atom. The van der Waals surface area contributed by atoms with Crippen LogP contribution < -0.4 is 5.32 Å². The maximum atomic E-state index is 8.88. The molecule has 0 bridgehead atoms. The largest absolute Gasteiger partial charge is 0.310 e. The Morgan fingerprint density at radius 2 is 2.00 bits per heavy atom. The molecule has 20 heavy (non-hydrogen) atoms. The molecule has 0 amide bonds. The minimum atomic E-state index is 0.320. The summed E-state index contributed by atoms with van der Waals surface area (Å²) in [4.78, 5) is 0. The van der Waals surface area contributed by atoms with E-state index in [9.17, 15) is 0 Å². The molecule has 0 saturated heterocycles. The van der Waals surface area contributed by atoms with Crippen molar-refractivity contribution in [2.45, 2.75) is 25.9 Å². The molecule has 0 aromatic heterocycles. The number of benzene rings is 2. The number of nitrogens with zero attached hydrogens (tertiary/aromatic N) is 1. The molecule has 1 unspecified atom stereocenters. The molecule has 1 atom stereocenters. The second-order valence-electron chi connectivity index (χ2n) is 4.89. The molecule has 102 valence electrons. The first-order chi connectivity index (χ1) is 9.69. The van der Waals surface area contributed by atoms with Crippen molar-refractivity contribution in [3.63, 3.8) is 0 Å². The van der Waals surface area contributed by atoms with Gasteiger partial charge in [0.1, 0.15) is 0 Å². The van der Waals surface area contributed by atoms with Gasteiger partial charge in [0.25, 0.3) is 0 Å². The summed E-state index contributed by atoms with van der Waals surface area (Å²) in [6.07, 6.45) is 0.887. The van der Waals surface area contributed by atoms with Crippen LogP contribution in [0.15, 0.2) is 48.5 Å². The number of rotatable bonds is 5. The van der Waals surface area contributed by atoms with E-state index in [4.69, 9.17) is 16.9 Å². The number of halogens is 1. The van der Waals surface area contributed by atoms with Crippen LogP contribution in [0.5, 0.6) is 0 Å². The van der Waals surface area contributed by atoms with Crippen molar-refractivity contribution in [1.82, 2.24) is 5.32 Å². The number of hydrogen-bond acceptors (Lipinski definition) is 2. The zero-order valence-electron chi connectivity index (χ0n) is 11.4. The topological polar surface area (TPSA) is 35.8 Å². The summed E-state index contributed by atoms with van der Waals surface area (Å²) < 4.78 is 0. The van der Waals surface area contributed by atoms with E-state index in [0.29, 0.717) is 11.6 Å². The van der Waals surface area contributed by atoms with Gasteiger partial charge in [0.15, 0.2) is 0 Å². The lowest BCUT2D eigenvalue weighted by atomic mass is 10.1. The molecule has 3 heteroatoms. The number of hydrogen-bond donors (Lipinski definition) is 1. The fourth-order valence-corrected chi connectivity index (χ4v) is 2.32. The van der Waals surface area contributed by atoms with E-state index in [1.165, 1.54) is 0 Å². The number of nitriles is 1. The molecule has 2 aromatic rings. The maximum absolute atomic E-state index is 8.88. The highest BCUT2D eigenvalue weighted by atomic mass is 35.5. The van der Waals surface area contributed by atoms with Crippen LogP contribution in [0.2, 0.25) is 5.02 Å². The summed E-state index contributed by atoms with van der Waals surface area (Å²) in [6.45, 7) is 2.89. The first-order valence-electron chi connectivity index (χ1n) is 6.65. The lowest BCUT2D eigenvalue weighted by Gasteiger charge is -2.15. The van der Waals surface area contributed by atoms with E-state index >= 15 is 0 Å². The van der Waals surface area contributed by atoms with Gasteiger partial charge in [0.2, 0.25) is 0 Å². The summed E-state index contributed by atoms with van der Waals surface area (Å²) in [6, 6.07) is 18.1. The van der Waals surface area contributed by atoms with Crippen molar-refractivity contribution in [3.8, 4) is 6.07 Å². The molecule has 0 aliphatic carbocycles. The summed E-state index contributed by atoms with van der Waals surface area (Å²) in [5, 5.41) is 13.2. The van der Waals surface area contributed by atoms with Crippen LogP contribution in [-0.2, 0) is 13.0 Å².